The molecule has 1 aliphatic heterocycles. The summed E-state index contributed by atoms with van der Waals surface area (Å²) in [5.74, 6) is 1.04. The number of aromatic nitrogens is 3. The molecule has 8 nitrogen and oxygen atoms in total. The van der Waals surface area contributed by atoms with E-state index in [0.29, 0.717) is 17.7 Å². The second-order valence-electron chi connectivity index (χ2n) is 8.16. The molecule has 1 aliphatic carbocycles. The lowest BCUT2D eigenvalue weighted by molar-refractivity contribution is 0.0957. The molecule has 8 heteroatoms. The first-order valence-electron chi connectivity index (χ1n) is 10.9. The smallest absolute Gasteiger partial charge is 0.271 e. The molecule has 2 atom stereocenters. The van der Waals surface area contributed by atoms with Crippen molar-refractivity contribution in [2.75, 3.05) is 38.1 Å². The first-order valence-corrected chi connectivity index (χ1v) is 10.9. The fraction of sp³-hybridized carbons (Fsp3) is 0.545. The molecule has 3 heterocycles. The Morgan fingerprint density at radius 1 is 1.13 bits per heavy atom. The number of carbonyl (C=O) groups excluding carboxylic acids is 1. The largest absolute Gasteiger partial charge is 0.354 e. The maximum atomic E-state index is 12.2. The number of aromatic amines is 1. The zero-order valence-electron chi connectivity index (χ0n) is 17.7. The van der Waals surface area contributed by atoms with Crippen LogP contribution in [0, 0.1) is 0 Å². The maximum absolute atomic E-state index is 12.2. The molecule has 160 valence electrons. The van der Waals surface area contributed by atoms with Gasteiger partial charge in [-0.25, -0.2) is 0 Å². The van der Waals surface area contributed by atoms with Crippen molar-refractivity contribution in [3.63, 3.8) is 0 Å². The van der Waals surface area contributed by atoms with E-state index < -0.39 is 0 Å². The number of piperazine rings is 1. The number of pyridine rings is 1. The summed E-state index contributed by atoms with van der Waals surface area (Å²) in [4.78, 5) is 31.7. The quantitative estimate of drug-likeness (QED) is 0.777. The van der Waals surface area contributed by atoms with Gasteiger partial charge in [-0.3, -0.25) is 14.5 Å². The van der Waals surface area contributed by atoms with Gasteiger partial charge in [0.1, 0.15) is 0 Å². The van der Waals surface area contributed by atoms with Gasteiger partial charge in [0.25, 0.3) is 11.5 Å². The highest BCUT2D eigenvalue weighted by Gasteiger charge is 2.32. The van der Waals surface area contributed by atoms with Crippen LogP contribution >= 0.6 is 0 Å². The summed E-state index contributed by atoms with van der Waals surface area (Å²) in [6.07, 6.45) is 4.16. The fourth-order valence-corrected chi connectivity index (χ4v) is 4.67. The van der Waals surface area contributed by atoms with E-state index >= 15 is 0 Å². The Labute approximate surface area is 176 Å². The summed E-state index contributed by atoms with van der Waals surface area (Å²) >= 11 is 0. The lowest BCUT2D eigenvalue weighted by Crippen LogP contribution is -2.50. The van der Waals surface area contributed by atoms with E-state index in [1.165, 1.54) is 6.42 Å². The molecule has 0 radical (unpaired) electrons. The summed E-state index contributed by atoms with van der Waals surface area (Å²) < 4.78 is 0. The Morgan fingerprint density at radius 3 is 2.57 bits per heavy atom. The maximum Gasteiger partial charge on any atom is 0.271 e. The van der Waals surface area contributed by atoms with Gasteiger partial charge in [0.15, 0.2) is 11.5 Å². The first-order chi connectivity index (χ1) is 14.6. The molecule has 0 spiro atoms. The SMILES string of the molecule is CCc1ccc([C@@H]2CCC(N3CCN(c4ccc(C(=O)NC)nn4)CC3)C2)[nH]c1=O. The van der Waals surface area contributed by atoms with Gasteiger partial charge < -0.3 is 15.2 Å². The predicted molar refractivity (Wildman–Crippen MR) is 116 cm³/mol. The van der Waals surface area contributed by atoms with Crippen LogP contribution in [-0.4, -0.2) is 65.3 Å². The summed E-state index contributed by atoms with van der Waals surface area (Å²) in [6.45, 7) is 5.79. The molecular formula is C22H30N6O2. The molecule has 0 aromatic carbocycles. The van der Waals surface area contributed by atoms with Crippen molar-refractivity contribution in [1.29, 1.82) is 0 Å². The van der Waals surface area contributed by atoms with Crippen molar-refractivity contribution in [3.8, 4) is 0 Å². The van der Waals surface area contributed by atoms with Crippen LogP contribution in [0.1, 0.15) is 53.8 Å². The number of rotatable bonds is 5. The van der Waals surface area contributed by atoms with E-state index in [2.05, 4.69) is 36.4 Å². The van der Waals surface area contributed by atoms with E-state index in [1.807, 2.05) is 19.1 Å². The van der Waals surface area contributed by atoms with E-state index in [4.69, 9.17) is 0 Å². The van der Waals surface area contributed by atoms with Crippen molar-refractivity contribution in [1.82, 2.24) is 25.4 Å². The van der Waals surface area contributed by atoms with Crippen molar-refractivity contribution < 1.29 is 4.79 Å². The van der Waals surface area contributed by atoms with Gasteiger partial charge in [-0.15, -0.1) is 10.2 Å². The highest BCUT2D eigenvalue weighted by Crippen LogP contribution is 2.36. The number of carbonyl (C=O) groups is 1. The van der Waals surface area contributed by atoms with Crippen molar-refractivity contribution >= 4 is 11.7 Å². The summed E-state index contributed by atoms with van der Waals surface area (Å²) in [5, 5.41) is 10.8. The second kappa shape index (κ2) is 8.95. The molecule has 2 aliphatic rings. The number of hydrogen-bond acceptors (Lipinski definition) is 6. The number of aryl methyl sites for hydroxylation is 1. The molecule has 2 aromatic rings. The van der Waals surface area contributed by atoms with Crippen molar-refractivity contribution in [2.24, 2.45) is 0 Å². The van der Waals surface area contributed by atoms with Crippen LogP contribution in [0.4, 0.5) is 5.82 Å². The third-order valence-corrected chi connectivity index (χ3v) is 6.50. The van der Waals surface area contributed by atoms with Crippen LogP contribution in [0.2, 0.25) is 0 Å². The standard InChI is InChI=1S/C22H30N6O2/c1-3-15-5-7-18(24-21(15)29)16-4-6-17(14-16)27-10-12-28(13-11-27)20-9-8-19(25-26-20)22(30)23-2/h5,7-9,16-17H,3-4,6,10-14H2,1-2H3,(H,23,30)(H,24,29)/t16-,17?/m1/s1. The normalized spacial score (nSPS) is 22.3. The van der Waals surface area contributed by atoms with E-state index in [9.17, 15) is 9.59 Å². The Kier molecular flexibility index (Phi) is 6.13. The number of nitrogens with zero attached hydrogens (tertiary/aromatic N) is 4. The Hall–Kier alpha value is -2.74. The van der Waals surface area contributed by atoms with E-state index in [-0.39, 0.29) is 11.5 Å². The molecule has 2 fully saturated rings. The lowest BCUT2D eigenvalue weighted by atomic mass is 10.0. The summed E-state index contributed by atoms with van der Waals surface area (Å²) in [5.41, 5.74) is 2.35. The number of nitrogens with one attached hydrogen (secondary N) is 2. The third kappa shape index (κ3) is 4.23. The van der Waals surface area contributed by atoms with Crippen LogP contribution in [0.3, 0.4) is 0 Å². The molecule has 4 rings (SSSR count). The highest BCUT2D eigenvalue weighted by atomic mass is 16.1. The van der Waals surface area contributed by atoms with Crippen LogP contribution in [0.15, 0.2) is 29.1 Å². The highest BCUT2D eigenvalue weighted by molar-refractivity contribution is 5.91. The van der Waals surface area contributed by atoms with Crippen LogP contribution < -0.4 is 15.8 Å². The van der Waals surface area contributed by atoms with Gasteiger partial charge in [-0.2, -0.15) is 0 Å². The monoisotopic (exact) mass is 410 g/mol. The molecule has 30 heavy (non-hydrogen) atoms. The second-order valence-corrected chi connectivity index (χ2v) is 8.16. The Balaban J connectivity index is 1.32. The summed E-state index contributed by atoms with van der Waals surface area (Å²) in [7, 11) is 1.59. The minimum atomic E-state index is -0.222. The van der Waals surface area contributed by atoms with Gasteiger partial charge in [0, 0.05) is 56.4 Å². The van der Waals surface area contributed by atoms with E-state index in [1.54, 1.807) is 13.1 Å². The third-order valence-electron chi connectivity index (χ3n) is 6.50. The minimum Gasteiger partial charge on any atom is -0.354 e. The molecule has 0 bridgehead atoms. The van der Waals surface area contributed by atoms with Gasteiger partial charge in [-0.1, -0.05) is 13.0 Å². The zero-order chi connectivity index (χ0) is 21.1. The van der Waals surface area contributed by atoms with Crippen LogP contribution in [0.25, 0.3) is 0 Å². The fourth-order valence-electron chi connectivity index (χ4n) is 4.67. The molecule has 2 N–H and O–H groups in total. The van der Waals surface area contributed by atoms with E-state index in [0.717, 1.165) is 62.5 Å². The van der Waals surface area contributed by atoms with Gasteiger partial charge in [-0.05, 0) is 43.9 Å². The van der Waals surface area contributed by atoms with Crippen LogP contribution in [-0.2, 0) is 6.42 Å². The molecule has 1 amide bonds. The average molecular weight is 411 g/mol. The average Bonchev–Trinajstić information content (AvgIpc) is 3.29. The Bertz CT molecular complexity index is 933. The van der Waals surface area contributed by atoms with Gasteiger partial charge in [0.05, 0.1) is 0 Å². The van der Waals surface area contributed by atoms with Gasteiger partial charge >= 0.3 is 0 Å². The number of hydrogen-bond donors (Lipinski definition) is 2. The predicted octanol–water partition coefficient (Wildman–Crippen LogP) is 1.55. The Morgan fingerprint density at radius 2 is 1.93 bits per heavy atom. The molecule has 1 saturated carbocycles. The number of amides is 1. The first kappa shape index (κ1) is 20.5. The lowest BCUT2D eigenvalue weighted by Gasteiger charge is -2.38. The molecule has 1 saturated heterocycles. The van der Waals surface area contributed by atoms with Crippen molar-refractivity contribution in [2.45, 2.75) is 44.6 Å². The van der Waals surface area contributed by atoms with Gasteiger partial charge in [0.2, 0.25) is 0 Å². The topological polar surface area (TPSA) is 94.2 Å². The number of anilines is 1. The molecule has 1 unspecified atom stereocenters. The summed E-state index contributed by atoms with van der Waals surface area (Å²) in [6, 6.07) is 8.24. The zero-order valence-corrected chi connectivity index (χ0v) is 17.7. The molecule has 2 aromatic heterocycles. The van der Waals surface area contributed by atoms with Crippen molar-refractivity contribution in [3.05, 3.63) is 51.6 Å². The minimum absolute atomic E-state index is 0.0654. The molecular weight excluding hydrogens is 380 g/mol. The van der Waals surface area contributed by atoms with Crippen LogP contribution in [0.5, 0.6) is 0 Å². The number of H-pyrrole nitrogens is 1.